The number of carbonyl (C=O) groups is 1. The van der Waals surface area contributed by atoms with Gasteiger partial charge in [0.2, 0.25) is 5.78 Å². The van der Waals surface area contributed by atoms with E-state index in [1.807, 2.05) is 25.3 Å². The van der Waals surface area contributed by atoms with Gasteiger partial charge in [-0.1, -0.05) is 23.7 Å². The average molecular weight is 437 g/mol. The summed E-state index contributed by atoms with van der Waals surface area (Å²) < 4.78 is 26.0. The van der Waals surface area contributed by atoms with Crippen molar-refractivity contribution in [3.05, 3.63) is 93.2 Å². The van der Waals surface area contributed by atoms with Gasteiger partial charge in [0.15, 0.2) is 5.76 Å². The van der Waals surface area contributed by atoms with Crippen molar-refractivity contribution in [1.82, 2.24) is 9.88 Å². The summed E-state index contributed by atoms with van der Waals surface area (Å²) in [6, 6.07) is 10.1. The minimum atomic E-state index is -0.516. The van der Waals surface area contributed by atoms with E-state index in [4.69, 9.17) is 21.1 Å². The average Bonchev–Trinajstić information content (AvgIpc) is 3.07. The molecule has 2 aromatic carbocycles. The molecule has 0 radical (unpaired) electrons. The predicted octanol–water partition coefficient (Wildman–Crippen LogP) is 5.15. The number of halogens is 2. The van der Waals surface area contributed by atoms with Crippen LogP contribution in [-0.2, 0) is 13.1 Å². The van der Waals surface area contributed by atoms with Gasteiger partial charge in [-0.3, -0.25) is 14.7 Å². The van der Waals surface area contributed by atoms with Gasteiger partial charge in [0.25, 0.3) is 0 Å². The van der Waals surface area contributed by atoms with Crippen molar-refractivity contribution in [3.63, 3.8) is 0 Å². The molecule has 0 spiro atoms. The lowest BCUT2D eigenvalue weighted by atomic mass is 10.00. The Hall–Kier alpha value is -3.22. The number of fused-ring (bicyclic) bond motifs is 2. The zero-order valence-electron chi connectivity index (χ0n) is 16.7. The fraction of sp³-hybridized carbons (Fsp3) is 0.167. The molecule has 3 heterocycles. The maximum absolute atomic E-state index is 14.2. The second-order valence-electron chi connectivity index (χ2n) is 7.56. The Bertz CT molecular complexity index is 1210. The number of pyridine rings is 1. The second kappa shape index (κ2) is 7.80. The van der Waals surface area contributed by atoms with E-state index in [-0.39, 0.29) is 22.1 Å². The molecule has 0 N–H and O–H groups in total. The highest BCUT2D eigenvalue weighted by atomic mass is 35.5. The first kappa shape index (κ1) is 19.7. The number of aromatic nitrogens is 1. The fourth-order valence-corrected chi connectivity index (χ4v) is 4.14. The summed E-state index contributed by atoms with van der Waals surface area (Å²) in [5.41, 5.74) is 3.32. The Morgan fingerprint density at radius 1 is 1.26 bits per heavy atom. The number of nitrogens with zero attached hydrogens (tertiary/aromatic N) is 2. The van der Waals surface area contributed by atoms with E-state index in [0.29, 0.717) is 31.1 Å². The van der Waals surface area contributed by atoms with Crippen molar-refractivity contribution < 1.29 is 18.7 Å². The van der Waals surface area contributed by atoms with Crippen LogP contribution in [0.5, 0.6) is 11.5 Å². The van der Waals surface area contributed by atoms with Gasteiger partial charge in [0.1, 0.15) is 24.0 Å². The molecule has 0 saturated carbocycles. The standard InChI is InChI=1S/C24H18ClFN2O3/c1-14-23-16(12-28(13-30-23)11-15-4-3-7-27-10-15)8-18-22(29)21(31-24(14)18)9-17-19(25)5-2-6-20(17)26/h2-10H,11-13H2,1H3/b21-9-. The monoisotopic (exact) mass is 436 g/mol. The van der Waals surface area contributed by atoms with Crippen LogP contribution in [0.25, 0.3) is 6.08 Å². The Labute approximate surface area is 183 Å². The summed E-state index contributed by atoms with van der Waals surface area (Å²) in [6.07, 6.45) is 4.92. The van der Waals surface area contributed by atoms with Crippen LogP contribution in [0, 0.1) is 12.7 Å². The zero-order chi connectivity index (χ0) is 21.5. The topological polar surface area (TPSA) is 51.7 Å². The first-order valence-corrected chi connectivity index (χ1v) is 10.2. The molecule has 0 atom stereocenters. The largest absolute Gasteiger partial charge is 0.477 e. The Balaban J connectivity index is 1.46. The zero-order valence-corrected chi connectivity index (χ0v) is 17.4. The third-order valence-electron chi connectivity index (χ3n) is 5.41. The van der Waals surface area contributed by atoms with Gasteiger partial charge in [-0.2, -0.15) is 0 Å². The number of Topliss-reactive ketones (excluding diaryl/α,β-unsaturated/α-hetero) is 1. The summed E-state index contributed by atoms with van der Waals surface area (Å²) in [6.45, 7) is 3.60. The first-order valence-electron chi connectivity index (χ1n) is 9.80. The lowest BCUT2D eigenvalue weighted by Gasteiger charge is -2.30. The molecule has 7 heteroatoms. The maximum Gasteiger partial charge on any atom is 0.231 e. The second-order valence-corrected chi connectivity index (χ2v) is 7.97. The number of benzene rings is 2. The predicted molar refractivity (Wildman–Crippen MR) is 115 cm³/mol. The highest BCUT2D eigenvalue weighted by Crippen LogP contribution is 2.43. The number of hydrogen-bond donors (Lipinski definition) is 0. The molecule has 3 aromatic rings. The number of ketones is 1. The third kappa shape index (κ3) is 3.58. The van der Waals surface area contributed by atoms with Crippen LogP contribution < -0.4 is 9.47 Å². The van der Waals surface area contributed by atoms with Crippen LogP contribution in [0.4, 0.5) is 4.39 Å². The lowest BCUT2D eigenvalue weighted by molar-refractivity contribution is 0.0876. The van der Waals surface area contributed by atoms with E-state index in [2.05, 4.69) is 9.88 Å². The number of allylic oxidation sites excluding steroid dienone is 1. The van der Waals surface area contributed by atoms with Gasteiger partial charge < -0.3 is 9.47 Å². The number of rotatable bonds is 3. The van der Waals surface area contributed by atoms with E-state index >= 15 is 0 Å². The van der Waals surface area contributed by atoms with E-state index in [9.17, 15) is 9.18 Å². The van der Waals surface area contributed by atoms with Crippen LogP contribution in [0.15, 0.2) is 54.6 Å². The van der Waals surface area contributed by atoms with Gasteiger partial charge in [-0.05, 0) is 42.8 Å². The van der Waals surface area contributed by atoms with E-state index in [1.54, 1.807) is 18.3 Å². The highest BCUT2D eigenvalue weighted by Gasteiger charge is 2.34. The smallest absolute Gasteiger partial charge is 0.231 e. The van der Waals surface area contributed by atoms with Gasteiger partial charge >= 0.3 is 0 Å². The molecule has 0 bridgehead atoms. The van der Waals surface area contributed by atoms with Crippen molar-refractivity contribution in [2.75, 3.05) is 6.73 Å². The normalized spacial score (nSPS) is 16.6. The van der Waals surface area contributed by atoms with Crippen LogP contribution in [-0.4, -0.2) is 22.4 Å². The van der Waals surface area contributed by atoms with Crippen molar-refractivity contribution in [2.45, 2.75) is 20.0 Å². The molecule has 0 unspecified atom stereocenters. The molecule has 1 aromatic heterocycles. The molecular weight excluding hydrogens is 419 g/mol. The lowest BCUT2D eigenvalue weighted by Crippen LogP contribution is -2.32. The van der Waals surface area contributed by atoms with Gasteiger partial charge in [0, 0.05) is 42.2 Å². The molecular formula is C24H18ClFN2O3. The van der Waals surface area contributed by atoms with E-state index < -0.39 is 5.82 Å². The molecule has 5 nitrogen and oxygen atoms in total. The van der Waals surface area contributed by atoms with Crippen molar-refractivity contribution >= 4 is 23.5 Å². The molecule has 2 aliphatic heterocycles. The van der Waals surface area contributed by atoms with Crippen molar-refractivity contribution in [2.24, 2.45) is 0 Å². The van der Waals surface area contributed by atoms with E-state index in [0.717, 1.165) is 22.4 Å². The van der Waals surface area contributed by atoms with Crippen LogP contribution in [0.3, 0.4) is 0 Å². The molecule has 0 amide bonds. The molecule has 0 fully saturated rings. The van der Waals surface area contributed by atoms with Gasteiger partial charge in [-0.15, -0.1) is 0 Å². The quantitative estimate of drug-likeness (QED) is 0.531. The minimum absolute atomic E-state index is 0.0414. The Morgan fingerprint density at radius 3 is 2.90 bits per heavy atom. The van der Waals surface area contributed by atoms with Crippen molar-refractivity contribution in [1.29, 1.82) is 0 Å². The molecule has 5 rings (SSSR count). The van der Waals surface area contributed by atoms with E-state index in [1.165, 1.54) is 18.2 Å². The van der Waals surface area contributed by atoms with Crippen LogP contribution >= 0.6 is 11.6 Å². The Kier molecular flexibility index (Phi) is 4.96. The van der Waals surface area contributed by atoms with Crippen molar-refractivity contribution in [3.8, 4) is 11.5 Å². The summed E-state index contributed by atoms with van der Waals surface area (Å²) in [7, 11) is 0. The summed E-state index contributed by atoms with van der Waals surface area (Å²) >= 11 is 6.10. The van der Waals surface area contributed by atoms with Crippen LogP contribution in [0.2, 0.25) is 5.02 Å². The molecule has 31 heavy (non-hydrogen) atoms. The first-order chi connectivity index (χ1) is 15.0. The highest BCUT2D eigenvalue weighted by molar-refractivity contribution is 6.32. The molecule has 0 saturated heterocycles. The molecule has 0 aliphatic carbocycles. The summed E-state index contributed by atoms with van der Waals surface area (Å²) in [5, 5.41) is 0.213. The molecule has 2 aliphatic rings. The van der Waals surface area contributed by atoms with Crippen LogP contribution in [0.1, 0.15) is 32.6 Å². The Morgan fingerprint density at radius 2 is 2.13 bits per heavy atom. The fourth-order valence-electron chi connectivity index (χ4n) is 3.93. The summed E-state index contributed by atoms with van der Waals surface area (Å²) in [4.78, 5) is 19.3. The minimum Gasteiger partial charge on any atom is -0.477 e. The number of hydrogen-bond acceptors (Lipinski definition) is 5. The number of ether oxygens (including phenoxy) is 2. The summed E-state index contributed by atoms with van der Waals surface area (Å²) in [5.74, 6) is 0.393. The number of carbonyl (C=O) groups excluding carboxylic acids is 1. The van der Waals surface area contributed by atoms with Gasteiger partial charge in [0.05, 0.1) is 10.6 Å². The van der Waals surface area contributed by atoms with Gasteiger partial charge in [-0.25, -0.2) is 4.39 Å². The SMILES string of the molecule is Cc1c2c(cc3c1O/C(=C\c1c(F)cccc1Cl)C3=O)CN(Cc1cccnc1)CO2. The molecule has 156 valence electrons. The third-order valence-corrected chi connectivity index (χ3v) is 5.74. The maximum atomic E-state index is 14.2.